The molecule has 0 saturated carbocycles. The maximum Gasteiger partial charge on any atom is 0.127 e. The zero-order valence-corrected chi connectivity index (χ0v) is 12.2. The van der Waals surface area contributed by atoms with Crippen LogP contribution < -0.4 is 10.5 Å². The summed E-state index contributed by atoms with van der Waals surface area (Å²) in [4.78, 5) is 0. The van der Waals surface area contributed by atoms with E-state index in [4.69, 9.17) is 10.5 Å². The highest BCUT2D eigenvalue weighted by molar-refractivity contribution is 5.37. The molecule has 0 saturated heterocycles. The number of hydrogen-bond acceptors (Lipinski definition) is 2. The summed E-state index contributed by atoms with van der Waals surface area (Å²) in [6.45, 7) is 6.94. The Morgan fingerprint density at radius 1 is 1.00 bits per heavy atom. The van der Waals surface area contributed by atoms with Gasteiger partial charge in [-0.25, -0.2) is 4.39 Å². The maximum atomic E-state index is 13.4. The molecule has 3 heteroatoms. The normalized spacial score (nSPS) is 10.7. The van der Waals surface area contributed by atoms with Gasteiger partial charge in [0.2, 0.25) is 0 Å². The molecule has 0 radical (unpaired) electrons. The topological polar surface area (TPSA) is 35.2 Å². The average Bonchev–Trinajstić information content (AvgIpc) is 2.36. The fourth-order valence-corrected chi connectivity index (χ4v) is 2.42. The molecule has 2 nitrogen and oxygen atoms in total. The van der Waals surface area contributed by atoms with Crippen LogP contribution in [0.1, 0.15) is 27.8 Å². The lowest BCUT2D eigenvalue weighted by Gasteiger charge is -2.13. The largest absolute Gasteiger partial charge is 0.489 e. The molecule has 0 aliphatic heterocycles. The second-order valence-electron chi connectivity index (χ2n) is 5.17. The van der Waals surface area contributed by atoms with Gasteiger partial charge in [0.05, 0.1) is 0 Å². The van der Waals surface area contributed by atoms with Gasteiger partial charge >= 0.3 is 0 Å². The number of halogens is 1. The first kappa shape index (κ1) is 14.5. The number of benzene rings is 2. The van der Waals surface area contributed by atoms with Crippen molar-refractivity contribution in [1.29, 1.82) is 0 Å². The van der Waals surface area contributed by atoms with Gasteiger partial charge in [-0.15, -0.1) is 0 Å². The van der Waals surface area contributed by atoms with Crippen LogP contribution in [0.3, 0.4) is 0 Å². The maximum absolute atomic E-state index is 13.4. The predicted molar refractivity (Wildman–Crippen MR) is 79.3 cm³/mol. The third-order valence-electron chi connectivity index (χ3n) is 3.39. The summed E-state index contributed by atoms with van der Waals surface area (Å²) < 4.78 is 19.1. The average molecular weight is 273 g/mol. The van der Waals surface area contributed by atoms with Gasteiger partial charge in [-0.2, -0.15) is 0 Å². The monoisotopic (exact) mass is 273 g/mol. The Hall–Kier alpha value is -1.87. The lowest BCUT2D eigenvalue weighted by Crippen LogP contribution is -2.03. The van der Waals surface area contributed by atoms with Gasteiger partial charge in [-0.3, -0.25) is 0 Å². The minimum absolute atomic E-state index is 0.302. The number of rotatable bonds is 4. The molecular formula is C17H20FNO. The van der Waals surface area contributed by atoms with Crippen LogP contribution in [-0.4, -0.2) is 0 Å². The van der Waals surface area contributed by atoms with Gasteiger partial charge in [-0.05, 0) is 55.2 Å². The Balaban J connectivity index is 2.19. The summed E-state index contributed by atoms with van der Waals surface area (Å²) in [5.41, 5.74) is 11.0. The highest BCUT2D eigenvalue weighted by Crippen LogP contribution is 2.21. The van der Waals surface area contributed by atoms with Gasteiger partial charge in [0.15, 0.2) is 0 Å². The predicted octanol–water partition coefficient (Wildman–Crippen LogP) is 3.79. The number of ether oxygens (including phenoxy) is 1. The molecule has 0 bridgehead atoms. The quantitative estimate of drug-likeness (QED) is 0.920. The van der Waals surface area contributed by atoms with Crippen LogP contribution >= 0.6 is 0 Å². The minimum Gasteiger partial charge on any atom is -0.489 e. The van der Waals surface area contributed by atoms with E-state index < -0.39 is 0 Å². The molecular weight excluding hydrogens is 253 g/mol. The highest BCUT2D eigenvalue weighted by atomic mass is 19.1. The van der Waals surface area contributed by atoms with E-state index in [0.717, 1.165) is 11.1 Å². The van der Waals surface area contributed by atoms with Crippen molar-refractivity contribution in [2.24, 2.45) is 5.73 Å². The van der Waals surface area contributed by atoms with E-state index in [0.29, 0.717) is 18.9 Å². The standard InChI is InChI=1S/C17H20FNO/c1-11-4-12(2)17(13(3)5-11)10-20-16-7-14(9-19)6-15(18)8-16/h4-8H,9-10,19H2,1-3H3. The fourth-order valence-electron chi connectivity index (χ4n) is 2.42. The molecule has 0 unspecified atom stereocenters. The summed E-state index contributed by atoms with van der Waals surface area (Å²) in [5, 5.41) is 0. The van der Waals surface area contributed by atoms with Gasteiger partial charge in [0, 0.05) is 12.6 Å². The van der Waals surface area contributed by atoms with E-state index in [9.17, 15) is 4.39 Å². The molecule has 0 fully saturated rings. The lowest BCUT2D eigenvalue weighted by molar-refractivity contribution is 0.302. The van der Waals surface area contributed by atoms with E-state index >= 15 is 0 Å². The molecule has 2 N–H and O–H groups in total. The summed E-state index contributed by atoms with van der Waals surface area (Å²) in [5.74, 6) is 0.199. The van der Waals surface area contributed by atoms with Crippen molar-refractivity contribution in [3.8, 4) is 5.75 Å². The van der Waals surface area contributed by atoms with Gasteiger partial charge in [0.1, 0.15) is 18.2 Å². The zero-order valence-electron chi connectivity index (χ0n) is 12.2. The summed E-state index contributed by atoms with van der Waals surface area (Å²) in [6.07, 6.45) is 0. The fraction of sp³-hybridized carbons (Fsp3) is 0.294. The lowest BCUT2D eigenvalue weighted by atomic mass is 10.0. The second kappa shape index (κ2) is 6.06. The summed E-state index contributed by atoms with van der Waals surface area (Å²) >= 11 is 0. The van der Waals surface area contributed by atoms with Crippen molar-refractivity contribution >= 4 is 0 Å². The Morgan fingerprint density at radius 3 is 2.25 bits per heavy atom. The molecule has 0 aliphatic rings. The van der Waals surface area contributed by atoms with Crippen LogP contribution in [-0.2, 0) is 13.2 Å². The van der Waals surface area contributed by atoms with E-state index in [1.807, 2.05) is 0 Å². The molecule has 106 valence electrons. The van der Waals surface area contributed by atoms with Crippen molar-refractivity contribution in [3.05, 3.63) is 64.0 Å². The van der Waals surface area contributed by atoms with Gasteiger partial charge in [0.25, 0.3) is 0 Å². The van der Waals surface area contributed by atoms with Crippen molar-refractivity contribution in [2.75, 3.05) is 0 Å². The molecule has 0 amide bonds. The Labute approximate surface area is 119 Å². The van der Waals surface area contributed by atoms with E-state index in [1.54, 1.807) is 6.07 Å². The van der Waals surface area contributed by atoms with Crippen LogP contribution in [0.4, 0.5) is 4.39 Å². The molecule has 0 heterocycles. The Morgan fingerprint density at radius 2 is 1.65 bits per heavy atom. The third-order valence-corrected chi connectivity index (χ3v) is 3.39. The van der Waals surface area contributed by atoms with Crippen LogP contribution in [0, 0.1) is 26.6 Å². The molecule has 0 spiro atoms. The number of aryl methyl sites for hydroxylation is 3. The van der Waals surface area contributed by atoms with Gasteiger partial charge in [-0.1, -0.05) is 17.7 Å². The van der Waals surface area contributed by atoms with Crippen molar-refractivity contribution < 1.29 is 9.13 Å². The molecule has 0 aliphatic carbocycles. The van der Waals surface area contributed by atoms with Crippen molar-refractivity contribution in [1.82, 2.24) is 0 Å². The molecule has 20 heavy (non-hydrogen) atoms. The Bertz CT molecular complexity index is 599. The molecule has 0 atom stereocenters. The second-order valence-corrected chi connectivity index (χ2v) is 5.17. The van der Waals surface area contributed by atoms with E-state index in [2.05, 4.69) is 32.9 Å². The third kappa shape index (κ3) is 3.36. The molecule has 2 aromatic rings. The van der Waals surface area contributed by atoms with Crippen LogP contribution in [0.25, 0.3) is 0 Å². The summed E-state index contributed by atoms with van der Waals surface area (Å²) in [6, 6.07) is 8.85. The molecule has 2 rings (SSSR count). The van der Waals surface area contributed by atoms with Crippen LogP contribution in [0.5, 0.6) is 5.75 Å². The summed E-state index contributed by atoms with van der Waals surface area (Å²) in [7, 11) is 0. The molecule has 2 aromatic carbocycles. The Kier molecular flexibility index (Phi) is 4.40. The first-order valence-corrected chi connectivity index (χ1v) is 6.68. The first-order valence-electron chi connectivity index (χ1n) is 6.68. The van der Waals surface area contributed by atoms with Crippen molar-refractivity contribution in [3.63, 3.8) is 0 Å². The van der Waals surface area contributed by atoms with Crippen LogP contribution in [0.15, 0.2) is 30.3 Å². The number of nitrogens with two attached hydrogens (primary N) is 1. The van der Waals surface area contributed by atoms with E-state index in [1.165, 1.54) is 28.8 Å². The molecule has 0 aromatic heterocycles. The minimum atomic E-state index is -0.319. The highest BCUT2D eigenvalue weighted by Gasteiger charge is 2.06. The smallest absolute Gasteiger partial charge is 0.127 e. The SMILES string of the molecule is Cc1cc(C)c(COc2cc(F)cc(CN)c2)c(C)c1. The zero-order chi connectivity index (χ0) is 14.7. The van der Waals surface area contributed by atoms with Crippen molar-refractivity contribution in [2.45, 2.75) is 33.9 Å². The first-order chi connectivity index (χ1) is 9.49. The van der Waals surface area contributed by atoms with E-state index in [-0.39, 0.29) is 5.82 Å². The van der Waals surface area contributed by atoms with Gasteiger partial charge < -0.3 is 10.5 Å². The number of hydrogen-bond donors (Lipinski definition) is 1. The van der Waals surface area contributed by atoms with Crippen LogP contribution in [0.2, 0.25) is 0 Å².